The summed E-state index contributed by atoms with van der Waals surface area (Å²) in [5.41, 5.74) is 7.74. The topological polar surface area (TPSA) is 64.4 Å². The van der Waals surface area contributed by atoms with Crippen LogP contribution >= 0.6 is 15.9 Å². The van der Waals surface area contributed by atoms with Crippen molar-refractivity contribution < 1.29 is 9.53 Å². The second-order valence-electron chi connectivity index (χ2n) is 5.32. The molecule has 1 aliphatic heterocycles. The normalized spacial score (nSPS) is 32.6. The second kappa shape index (κ2) is 4.89. The van der Waals surface area contributed by atoms with E-state index in [4.69, 9.17) is 10.5 Å². The van der Waals surface area contributed by atoms with Gasteiger partial charge in [-0.2, -0.15) is 0 Å². The molecule has 0 radical (unpaired) electrons. The van der Waals surface area contributed by atoms with Gasteiger partial charge in [-0.3, -0.25) is 4.79 Å². The fourth-order valence-corrected chi connectivity index (χ4v) is 3.36. The Morgan fingerprint density at radius 2 is 2.32 bits per heavy atom. The van der Waals surface area contributed by atoms with Gasteiger partial charge in [-0.05, 0) is 31.0 Å². The van der Waals surface area contributed by atoms with Gasteiger partial charge in [0.25, 0.3) is 5.91 Å². The van der Waals surface area contributed by atoms with E-state index in [9.17, 15) is 4.79 Å². The van der Waals surface area contributed by atoms with E-state index >= 15 is 0 Å². The Morgan fingerprint density at radius 3 is 3.11 bits per heavy atom. The summed E-state index contributed by atoms with van der Waals surface area (Å²) in [4.78, 5) is 12.3. The average molecular weight is 325 g/mol. The molecule has 3 rings (SSSR count). The molecule has 19 heavy (non-hydrogen) atoms. The van der Waals surface area contributed by atoms with Gasteiger partial charge in [0, 0.05) is 28.6 Å². The van der Waals surface area contributed by atoms with Crippen LogP contribution in [0, 0.1) is 12.8 Å². The Hall–Kier alpha value is -0.910. The molecule has 1 amide bonds. The van der Waals surface area contributed by atoms with Crippen molar-refractivity contribution in [3.8, 4) is 0 Å². The number of nitrogens with one attached hydrogen (secondary N) is 1. The summed E-state index contributed by atoms with van der Waals surface area (Å²) in [5.74, 6) is 0.335. The molecule has 1 saturated carbocycles. The largest absolute Gasteiger partial charge is 0.376 e. The van der Waals surface area contributed by atoms with E-state index < -0.39 is 0 Å². The standard InChI is InChI=1S/C14H17BrN2O2/c1-7-2-3-8(15)6-10(7)14(18)17-12-11(16)9-4-5-19-13(9)12/h2-3,6,9,11-13H,4-5,16H2,1H3,(H,17,18). The number of amides is 1. The van der Waals surface area contributed by atoms with Crippen LogP contribution < -0.4 is 11.1 Å². The molecule has 1 heterocycles. The van der Waals surface area contributed by atoms with Gasteiger partial charge in [0.1, 0.15) is 0 Å². The molecule has 1 saturated heterocycles. The summed E-state index contributed by atoms with van der Waals surface area (Å²) < 4.78 is 6.52. The average Bonchev–Trinajstić information content (AvgIpc) is 2.83. The molecule has 1 aromatic carbocycles. The number of fused-ring (bicyclic) bond motifs is 1. The van der Waals surface area contributed by atoms with E-state index in [-0.39, 0.29) is 24.1 Å². The van der Waals surface area contributed by atoms with Gasteiger partial charge < -0.3 is 15.8 Å². The maximum atomic E-state index is 12.3. The number of hydrogen-bond donors (Lipinski definition) is 2. The zero-order chi connectivity index (χ0) is 13.6. The Bertz CT molecular complexity index is 520. The smallest absolute Gasteiger partial charge is 0.251 e. The molecule has 4 nitrogen and oxygen atoms in total. The predicted molar refractivity (Wildman–Crippen MR) is 76.0 cm³/mol. The van der Waals surface area contributed by atoms with Crippen molar-refractivity contribution in [2.45, 2.75) is 31.5 Å². The van der Waals surface area contributed by atoms with Crippen molar-refractivity contribution in [1.29, 1.82) is 0 Å². The van der Waals surface area contributed by atoms with Crippen molar-refractivity contribution in [1.82, 2.24) is 5.32 Å². The van der Waals surface area contributed by atoms with Crippen molar-refractivity contribution in [3.05, 3.63) is 33.8 Å². The number of carbonyl (C=O) groups is 1. The quantitative estimate of drug-likeness (QED) is 0.868. The summed E-state index contributed by atoms with van der Waals surface area (Å²) in [7, 11) is 0. The number of halogens is 1. The lowest BCUT2D eigenvalue weighted by atomic mass is 9.72. The van der Waals surface area contributed by atoms with Gasteiger partial charge in [-0.1, -0.05) is 22.0 Å². The highest BCUT2D eigenvalue weighted by atomic mass is 79.9. The van der Waals surface area contributed by atoms with E-state index in [0.717, 1.165) is 23.1 Å². The Labute approximate surface area is 120 Å². The molecule has 3 N–H and O–H groups in total. The van der Waals surface area contributed by atoms with Crippen LogP contribution in [0.2, 0.25) is 0 Å². The van der Waals surface area contributed by atoms with E-state index in [2.05, 4.69) is 21.2 Å². The van der Waals surface area contributed by atoms with Crippen LogP contribution in [0.15, 0.2) is 22.7 Å². The lowest BCUT2D eigenvalue weighted by Gasteiger charge is -2.45. The zero-order valence-corrected chi connectivity index (χ0v) is 12.3. The molecule has 2 aliphatic rings. The van der Waals surface area contributed by atoms with E-state index in [1.807, 2.05) is 25.1 Å². The maximum absolute atomic E-state index is 12.3. The number of aryl methyl sites for hydroxylation is 1. The number of nitrogens with two attached hydrogens (primary N) is 1. The monoisotopic (exact) mass is 324 g/mol. The van der Waals surface area contributed by atoms with Crippen LogP contribution in [0.25, 0.3) is 0 Å². The highest BCUT2D eigenvalue weighted by Crippen LogP contribution is 2.37. The fourth-order valence-electron chi connectivity index (χ4n) is 3.00. The molecule has 1 aliphatic carbocycles. The van der Waals surface area contributed by atoms with Crippen molar-refractivity contribution in [2.75, 3.05) is 6.61 Å². The van der Waals surface area contributed by atoms with Crippen molar-refractivity contribution >= 4 is 21.8 Å². The van der Waals surface area contributed by atoms with Crippen molar-refractivity contribution in [2.24, 2.45) is 11.7 Å². The second-order valence-corrected chi connectivity index (χ2v) is 6.24. The molecule has 4 atom stereocenters. The lowest BCUT2D eigenvalue weighted by Crippen LogP contribution is -2.69. The minimum Gasteiger partial charge on any atom is -0.376 e. The molecular formula is C14H17BrN2O2. The highest BCUT2D eigenvalue weighted by Gasteiger charge is 2.52. The predicted octanol–water partition coefficient (Wildman–Crippen LogP) is 1.60. The van der Waals surface area contributed by atoms with Crippen LogP contribution in [0.5, 0.6) is 0 Å². The molecule has 0 aromatic heterocycles. The first kappa shape index (κ1) is 13.1. The summed E-state index contributed by atoms with van der Waals surface area (Å²) in [5, 5.41) is 3.01. The number of ether oxygens (including phenoxy) is 1. The first-order chi connectivity index (χ1) is 9.08. The summed E-state index contributed by atoms with van der Waals surface area (Å²) in [6, 6.07) is 5.65. The van der Waals surface area contributed by atoms with Gasteiger partial charge in [-0.25, -0.2) is 0 Å². The first-order valence-corrected chi connectivity index (χ1v) is 7.31. The van der Waals surface area contributed by atoms with Crippen LogP contribution in [0.4, 0.5) is 0 Å². The minimum absolute atomic E-state index is 0.0175. The first-order valence-electron chi connectivity index (χ1n) is 6.52. The Morgan fingerprint density at radius 1 is 1.53 bits per heavy atom. The summed E-state index contributed by atoms with van der Waals surface area (Å²) in [6.07, 6.45) is 1.11. The molecule has 102 valence electrons. The van der Waals surface area contributed by atoms with E-state index in [0.29, 0.717) is 11.5 Å². The van der Waals surface area contributed by atoms with Crippen molar-refractivity contribution in [3.63, 3.8) is 0 Å². The molecule has 0 spiro atoms. The van der Waals surface area contributed by atoms with Crippen LogP contribution in [0.3, 0.4) is 0 Å². The number of hydrogen-bond acceptors (Lipinski definition) is 3. The molecule has 0 bridgehead atoms. The van der Waals surface area contributed by atoms with Gasteiger partial charge in [-0.15, -0.1) is 0 Å². The number of carbonyl (C=O) groups excluding carboxylic acids is 1. The fraction of sp³-hybridized carbons (Fsp3) is 0.500. The third kappa shape index (κ3) is 2.20. The van der Waals surface area contributed by atoms with Gasteiger partial charge in [0.05, 0.1) is 12.1 Å². The summed E-state index contributed by atoms with van der Waals surface area (Å²) >= 11 is 3.39. The Kier molecular flexibility index (Phi) is 3.37. The molecule has 4 unspecified atom stereocenters. The third-order valence-corrected chi connectivity index (χ3v) is 4.68. The number of rotatable bonds is 2. The molecule has 2 fully saturated rings. The summed E-state index contributed by atoms with van der Waals surface area (Å²) in [6.45, 7) is 2.68. The van der Waals surface area contributed by atoms with Gasteiger partial charge >= 0.3 is 0 Å². The maximum Gasteiger partial charge on any atom is 0.251 e. The van der Waals surface area contributed by atoms with Crippen LogP contribution in [-0.4, -0.2) is 30.7 Å². The number of benzene rings is 1. The highest BCUT2D eigenvalue weighted by molar-refractivity contribution is 9.10. The van der Waals surface area contributed by atoms with Crippen LogP contribution in [0.1, 0.15) is 22.3 Å². The molecule has 5 heteroatoms. The van der Waals surface area contributed by atoms with Gasteiger partial charge in [0.15, 0.2) is 0 Å². The molecule has 1 aromatic rings. The van der Waals surface area contributed by atoms with E-state index in [1.165, 1.54) is 0 Å². The zero-order valence-electron chi connectivity index (χ0n) is 10.7. The van der Waals surface area contributed by atoms with Crippen LogP contribution in [-0.2, 0) is 4.74 Å². The SMILES string of the molecule is Cc1ccc(Br)cc1C(=O)NC1C(N)C2CCOC21. The third-order valence-electron chi connectivity index (χ3n) is 4.19. The lowest BCUT2D eigenvalue weighted by molar-refractivity contribution is -0.0161. The Balaban J connectivity index is 1.73. The minimum atomic E-state index is -0.0757. The van der Waals surface area contributed by atoms with E-state index in [1.54, 1.807) is 0 Å². The van der Waals surface area contributed by atoms with Gasteiger partial charge in [0.2, 0.25) is 0 Å². The molecular weight excluding hydrogens is 308 g/mol.